The zero-order chi connectivity index (χ0) is 13.1. The molecule has 1 aromatic heterocycles. The SMILES string of the molecule is CCCCCCCCCCNc1nc(CC)cs1. The molecule has 0 amide bonds. The van der Waals surface area contributed by atoms with E-state index in [0.717, 1.165) is 18.1 Å². The first-order valence-corrected chi connectivity index (χ1v) is 8.43. The van der Waals surface area contributed by atoms with Gasteiger partial charge in [0, 0.05) is 11.9 Å². The van der Waals surface area contributed by atoms with Crippen LogP contribution in [0.25, 0.3) is 0 Å². The van der Waals surface area contributed by atoms with E-state index in [-0.39, 0.29) is 0 Å². The van der Waals surface area contributed by atoms with Gasteiger partial charge in [0.2, 0.25) is 0 Å². The summed E-state index contributed by atoms with van der Waals surface area (Å²) in [7, 11) is 0. The summed E-state index contributed by atoms with van der Waals surface area (Å²) in [4.78, 5) is 4.50. The fourth-order valence-corrected chi connectivity index (χ4v) is 2.83. The van der Waals surface area contributed by atoms with Crippen molar-refractivity contribution in [2.24, 2.45) is 0 Å². The second kappa shape index (κ2) is 10.4. The fourth-order valence-electron chi connectivity index (χ4n) is 2.00. The highest BCUT2D eigenvalue weighted by Crippen LogP contribution is 2.16. The molecule has 1 rings (SSSR count). The van der Waals surface area contributed by atoms with E-state index in [1.54, 1.807) is 11.3 Å². The maximum absolute atomic E-state index is 4.50. The Morgan fingerprint density at radius 2 is 1.67 bits per heavy atom. The van der Waals surface area contributed by atoms with Crippen LogP contribution in [-0.2, 0) is 6.42 Å². The lowest BCUT2D eigenvalue weighted by Crippen LogP contribution is -2.01. The molecule has 0 saturated carbocycles. The van der Waals surface area contributed by atoms with Crippen LogP contribution in [0.3, 0.4) is 0 Å². The first kappa shape index (κ1) is 15.5. The van der Waals surface area contributed by atoms with Crippen molar-refractivity contribution in [3.63, 3.8) is 0 Å². The number of hydrogen-bond donors (Lipinski definition) is 1. The van der Waals surface area contributed by atoms with Crippen LogP contribution < -0.4 is 5.32 Å². The van der Waals surface area contributed by atoms with Gasteiger partial charge in [0.05, 0.1) is 5.69 Å². The first-order chi connectivity index (χ1) is 8.86. The molecule has 0 aromatic carbocycles. The van der Waals surface area contributed by atoms with Gasteiger partial charge >= 0.3 is 0 Å². The van der Waals surface area contributed by atoms with E-state index < -0.39 is 0 Å². The standard InChI is InChI=1S/C15H28N2S/c1-3-5-6-7-8-9-10-11-12-16-15-17-14(4-2)13-18-15/h13H,3-12H2,1-2H3,(H,16,17). The second-order valence-electron chi connectivity index (χ2n) is 4.90. The average molecular weight is 268 g/mol. The van der Waals surface area contributed by atoms with Gasteiger partial charge < -0.3 is 5.32 Å². The highest BCUT2D eigenvalue weighted by Gasteiger charge is 1.98. The molecule has 0 fully saturated rings. The Kier molecular flexibility index (Phi) is 8.92. The van der Waals surface area contributed by atoms with Crippen LogP contribution in [0.1, 0.15) is 70.9 Å². The summed E-state index contributed by atoms with van der Waals surface area (Å²) >= 11 is 1.73. The van der Waals surface area contributed by atoms with E-state index >= 15 is 0 Å². The molecule has 0 bridgehead atoms. The number of thiazole rings is 1. The molecular weight excluding hydrogens is 240 g/mol. The molecule has 18 heavy (non-hydrogen) atoms. The van der Waals surface area contributed by atoms with E-state index in [9.17, 15) is 0 Å². The van der Waals surface area contributed by atoms with Crippen LogP contribution in [0.5, 0.6) is 0 Å². The molecule has 0 spiro atoms. The summed E-state index contributed by atoms with van der Waals surface area (Å²) in [6, 6.07) is 0. The maximum atomic E-state index is 4.50. The van der Waals surface area contributed by atoms with E-state index in [2.05, 4.69) is 29.5 Å². The van der Waals surface area contributed by atoms with Crippen molar-refractivity contribution < 1.29 is 0 Å². The molecule has 0 radical (unpaired) electrons. The van der Waals surface area contributed by atoms with Crippen molar-refractivity contribution in [1.82, 2.24) is 4.98 Å². The predicted molar refractivity (Wildman–Crippen MR) is 82.6 cm³/mol. The summed E-state index contributed by atoms with van der Waals surface area (Å²) in [6.45, 7) is 5.50. The zero-order valence-electron chi connectivity index (χ0n) is 12.0. The Morgan fingerprint density at radius 1 is 1.00 bits per heavy atom. The topological polar surface area (TPSA) is 24.9 Å². The molecule has 0 aliphatic carbocycles. The number of unbranched alkanes of at least 4 members (excludes halogenated alkanes) is 7. The smallest absolute Gasteiger partial charge is 0.182 e. The van der Waals surface area contributed by atoms with E-state index in [1.165, 1.54) is 57.1 Å². The van der Waals surface area contributed by atoms with E-state index in [0.29, 0.717) is 0 Å². The number of hydrogen-bond acceptors (Lipinski definition) is 3. The van der Waals surface area contributed by atoms with Crippen LogP contribution in [0, 0.1) is 0 Å². The van der Waals surface area contributed by atoms with Gasteiger partial charge in [-0.2, -0.15) is 0 Å². The lowest BCUT2D eigenvalue weighted by Gasteiger charge is -2.03. The number of anilines is 1. The third kappa shape index (κ3) is 7.00. The third-order valence-electron chi connectivity index (χ3n) is 3.22. The molecular formula is C15H28N2S. The van der Waals surface area contributed by atoms with Crippen LogP contribution in [0.15, 0.2) is 5.38 Å². The minimum atomic E-state index is 1.04. The molecule has 1 heterocycles. The van der Waals surface area contributed by atoms with Gasteiger partial charge in [0.25, 0.3) is 0 Å². The molecule has 104 valence electrons. The van der Waals surface area contributed by atoms with Crippen LogP contribution in [0.4, 0.5) is 5.13 Å². The number of aromatic nitrogens is 1. The predicted octanol–water partition coefficient (Wildman–Crippen LogP) is 5.26. The zero-order valence-corrected chi connectivity index (χ0v) is 12.8. The molecule has 1 aromatic rings. The van der Waals surface area contributed by atoms with Gasteiger partial charge in [0.15, 0.2) is 5.13 Å². The molecule has 0 atom stereocenters. The van der Waals surface area contributed by atoms with Crippen molar-refractivity contribution in [3.8, 4) is 0 Å². The van der Waals surface area contributed by atoms with Gasteiger partial charge in [0.1, 0.15) is 0 Å². The summed E-state index contributed by atoms with van der Waals surface area (Å²) in [5.41, 5.74) is 1.21. The Hall–Kier alpha value is -0.570. The summed E-state index contributed by atoms with van der Waals surface area (Å²) in [5.74, 6) is 0. The summed E-state index contributed by atoms with van der Waals surface area (Å²) < 4.78 is 0. The normalized spacial score (nSPS) is 10.8. The Balaban J connectivity index is 1.89. The summed E-state index contributed by atoms with van der Waals surface area (Å²) in [6.07, 6.45) is 12.1. The number of rotatable bonds is 11. The van der Waals surface area contributed by atoms with Gasteiger partial charge in [-0.05, 0) is 12.8 Å². The Bertz CT molecular complexity index is 296. The quantitative estimate of drug-likeness (QED) is 0.554. The van der Waals surface area contributed by atoms with Gasteiger partial charge in [-0.25, -0.2) is 4.98 Å². The van der Waals surface area contributed by atoms with E-state index in [4.69, 9.17) is 0 Å². The average Bonchev–Trinajstić information content (AvgIpc) is 2.85. The molecule has 3 heteroatoms. The number of nitrogens with zero attached hydrogens (tertiary/aromatic N) is 1. The Morgan fingerprint density at radius 3 is 2.28 bits per heavy atom. The third-order valence-corrected chi connectivity index (χ3v) is 4.07. The largest absolute Gasteiger partial charge is 0.362 e. The number of aryl methyl sites for hydroxylation is 1. The van der Waals surface area contributed by atoms with Gasteiger partial charge in [-0.3, -0.25) is 0 Å². The molecule has 1 N–H and O–H groups in total. The van der Waals surface area contributed by atoms with Crippen LogP contribution in [-0.4, -0.2) is 11.5 Å². The highest BCUT2D eigenvalue weighted by atomic mass is 32.1. The van der Waals surface area contributed by atoms with Crippen molar-refractivity contribution in [1.29, 1.82) is 0 Å². The minimum Gasteiger partial charge on any atom is -0.362 e. The monoisotopic (exact) mass is 268 g/mol. The fraction of sp³-hybridized carbons (Fsp3) is 0.800. The maximum Gasteiger partial charge on any atom is 0.182 e. The van der Waals surface area contributed by atoms with Crippen molar-refractivity contribution in [3.05, 3.63) is 11.1 Å². The molecule has 2 nitrogen and oxygen atoms in total. The minimum absolute atomic E-state index is 1.04. The number of nitrogens with one attached hydrogen (secondary N) is 1. The van der Waals surface area contributed by atoms with E-state index in [1.807, 2.05) is 0 Å². The van der Waals surface area contributed by atoms with Crippen LogP contribution in [0.2, 0.25) is 0 Å². The lowest BCUT2D eigenvalue weighted by molar-refractivity contribution is 0.581. The molecule has 0 aliphatic rings. The van der Waals surface area contributed by atoms with Gasteiger partial charge in [-0.1, -0.05) is 58.8 Å². The van der Waals surface area contributed by atoms with Gasteiger partial charge in [-0.15, -0.1) is 11.3 Å². The first-order valence-electron chi connectivity index (χ1n) is 7.55. The van der Waals surface area contributed by atoms with Crippen LogP contribution >= 0.6 is 11.3 Å². The van der Waals surface area contributed by atoms with Crippen molar-refractivity contribution in [2.45, 2.75) is 71.6 Å². The summed E-state index contributed by atoms with van der Waals surface area (Å²) in [5, 5.41) is 6.66. The second-order valence-corrected chi connectivity index (χ2v) is 5.76. The van der Waals surface area contributed by atoms with Crippen molar-refractivity contribution in [2.75, 3.05) is 11.9 Å². The lowest BCUT2D eigenvalue weighted by atomic mass is 10.1. The Labute approximate surface area is 116 Å². The van der Waals surface area contributed by atoms with Crippen molar-refractivity contribution >= 4 is 16.5 Å². The molecule has 0 saturated heterocycles. The highest BCUT2D eigenvalue weighted by molar-refractivity contribution is 7.13. The molecule has 0 aliphatic heterocycles. The molecule has 0 unspecified atom stereocenters.